The lowest BCUT2D eigenvalue weighted by Gasteiger charge is -2.39. The number of likely N-dealkylation sites (tertiary alicyclic amines) is 1. The SMILES string of the molecule is CNC1CCN(C(=O)N2CCN(Cc3ccccc3)c3ccccc32)C1. The highest BCUT2D eigenvalue weighted by molar-refractivity contribution is 5.97. The summed E-state index contributed by atoms with van der Waals surface area (Å²) < 4.78 is 0. The molecule has 26 heavy (non-hydrogen) atoms. The van der Waals surface area contributed by atoms with Gasteiger partial charge in [-0.05, 0) is 31.2 Å². The molecule has 1 saturated heterocycles. The Kier molecular flexibility index (Phi) is 4.80. The first-order valence-corrected chi connectivity index (χ1v) is 9.38. The molecule has 0 bridgehead atoms. The minimum atomic E-state index is 0.134. The fourth-order valence-electron chi connectivity index (χ4n) is 3.93. The molecular formula is C21H26N4O. The molecule has 0 aliphatic carbocycles. The molecule has 2 aliphatic rings. The number of fused-ring (bicyclic) bond motifs is 1. The quantitative estimate of drug-likeness (QED) is 0.925. The van der Waals surface area contributed by atoms with Crippen LogP contribution in [-0.2, 0) is 6.54 Å². The Morgan fingerprint density at radius 2 is 1.73 bits per heavy atom. The van der Waals surface area contributed by atoms with Gasteiger partial charge in [0.25, 0.3) is 0 Å². The van der Waals surface area contributed by atoms with Crippen LogP contribution in [0, 0.1) is 0 Å². The molecule has 0 radical (unpaired) electrons. The van der Waals surface area contributed by atoms with Crippen LogP contribution in [0.5, 0.6) is 0 Å². The second-order valence-electron chi connectivity index (χ2n) is 7.05. The minimum Gasteiger partial charge on any atom is -0.364 e. The predicted molar refractivity (Wildman–Crippen MR) is 106 cm³/mol. The molecule has 1 atom stereocenters. The molecule has 0 spiro atoms. The maximum atomic E-state index is 13.1. The Bertz CT molecular complexity index is 764. The molecule has 1 N–H and O–H groups in total. The molecule has 2 aliphatic heterocycles. The van der Waals surface area contributed by atoms with Crippen molar-refractivity contribution in [2.45, 2.75) is 19.0 Å². The highest BCUT2D eigenvalue weighted by atomic mass is 16.2. The summed E-state index contributed by atoms with van der Waals surface area (Å²) in [4.78, 5) is 19.4. The molecule has 2 aromatic carbocycles. The van der Waals surface area contributed by atoms with Gasteiger partial charge < -0.3 is 15.1 Å². The Hall–Kier alpha value is -2.53. The predicted octanol–water partition coefficient (Wildman–Crippen LogP) is 2.93. The first kappa shape index (κ1) is 16.9. The number of benzene rings is 2. The number of carbonyl (C=O) groups excluding carboxylic acids is 1. The summed E-state index contributed by atoms with van der Waals surface area (Å²) in [5.74, 6) is 0. The van der Waals surface area contributed by atoms with Crippen LogP contribution < -0.4 is 15.1 Å². The lowest BCUT2D eigenvalue weighted by atomic mass is 10.1. The number of likely N-dealkylation sites (N-methyl/N-ethyl adjacent to an activating group) is 1. The van der Waals surface area contributed by atoms with Gasteiger partial charge >= 0.3 is 6.03 Å². The van der Waals surface area contributed by atoms with Crippen molar-refractivity contribution in [2.75, 3.05) is 43.0 Å². The third kappa shape index (κ3) is 3.27. The maximum absolute atomic E-state index is 13.1. The van der Waals surface area contributed by atoms with Gasteiger partial charge in [-0.15, -0.1) is 0 Å². The van der Waals surface area contributed by atoms with E-state index in [0.717, 1.165) is 50.5 Å². The van der Waals surface area contributed by atoms with Gasteiger partial charge in [-0.25, -0.2) is 4.79 Å². The molecule has 0 saturated carbocycles. The Labute approximate surface area is 155 Å². The topological polar surface area (TPSA) is 38.8 Å². The first-order valence-electron chi connectivity index (χ1n) is 9.38. The van der Waals surface area contributed by atoms with Crippen LogP contribution in [0.15, 0.2) is 54.6 Å². The average Bonchev–Trinajstić information content (AvgIpc) is 3.18. The molecule has 4 rings (SSSR count). The number of carbonyl (C=O) groups is 1. The Morgan fingerprint density at radius 3 is 2.46 bits per heavy atom. The maximum Gasteiger partial charge on any atom is 0.324 e. The molecule has 2 heterocycles. The third-order valence-electron chi connectivity index (χ3n) is 5.42. The van der Waals surface area contributed by atoms with Crippen molar-refractivity contribution in [3.8, 4) is 0 Å². The molecule has 1 unspecified atom stereocenters. The van der Waals surface area contributed by atoms with Crippen molar-refractivity contribution < 1.29 is 4.79 Å². The van der Waals surface area contributed by atoms with Crippen LogP contribution in [0.2, 0.25) is 0 Å². The monoisotopic (exact) mass is 350 g/mol. The number of hydrogen-bond donors (Lipinski definition) is 1. The van der Waals surface area contributed by atoms with Gasteiger partial charge in [-0.3, -0.25) is 4.90 Å². The largest absolute Gasteiger partial charge is 0.364 e. The smallest absolute Gasteiger partial charge is 0.324 e. The van der Waals surface area contributed by atoms with Gasteiger partial charge in [-0.2, -0.15) is 0 Å². The van der Waals surface area contributed by atoms with Crippen molar-refractivity contribution in [1.82, 2.24) is 10.2 Å². The lowest BCUT2D eigenvalue weighted by Crippen LogP contribution is -2.49. The average molecular weight is 350 g/mol. The number of urea groups is 1. The number of nitrogens with zero attached hydrogens (tertiary/aromatic N) is 3. The highest BCUT2D eigenvalue weighted by Crippen LogP contribution is 2.34. The number of rotatable bonds is 3. The van der Waals surface area contributed by atoms with Crippen LogP contribution in [0.1, 0.15) is 12.0 Å². The number of para-hydroxylation sites is 2. The van der Waals surface area contributed by atoms with Crippen LogP contribution in [-0.4, -0.2) is 50.2 Å². The molecule has 2 aromatic rings. The normalized spacial score (nSPS) is 19.6. The summed E-state index contributed by atoms with van der Waals surface area (Å²) in [6.07, 6.45) is 1.03. The molecular weight excluding hydrogens is 324 g/mol. The number of amides is 2. The number of nitrogens with one attached hydrogen (secondary N) is 1. The van der Waals surface area contributed by atoms with E-state index in [0.29, 0.717) is 6.04 Å². The Balaban J connectivity index is 1.55. The van der Waals surface area contributed by atoms with E-state index in [1.165, 1.54) is 5.56 Å². The fraction of sp³-hybridized carbons (Fsp3) is 0.381. The molecule has 5 nitrogen and oxygen atoms in total. The summed E-state index contributed by atoms with van der Waals surface area (Å²) in [7, 11) is 1.97. The van der Waals surface area contributed by atoms with Crippen molar-refractivity contribution in [3.05, 3.63) is 60.2 Å². The highest BCUT2D eigenvalue weighted by Gasteiger charge is 2.32. The van der Waals surface area contributed by atoms with E-state index in [1.807, 2.05) is 29.0 Å². The van der Waals surface area contributed by atoms with E-state index in [1.54, 1.807) is 0 Å². The summed E-state index contributed by atoms with van der Waals surface area (Å²) in [5, 5.41) is 3.28. The van der Waals surface area contributed by atoms with E-state index in [4.69, 9.17) is 0 Å². The zero-order chi connectivity index (χ0) is 17.9. The summed E-state index contributed by atoms with van der Waals surface area (Å²) in [6, 6.07) is 19.3. The summed E-state index contributed by atoms with van der Waals surface area (Å²) in [5.41, 5.74) is 3.45. The van der Waals surface area contributed by atoms with Gasteiger partial charge in [0, 0.05) is 38.8 Å². The van der Waals surface area contributed by atoms with Crippen molar-refractivity contribution >= 4 is 17.4 Å². The van der Waals surface area contributed by atoms with Gasteiger partial charge in [0.15, 0.2) is 0 Å². The van der Waals surface area contributed by atoms with Gasteiger partial charge in [-0.1, -0.05) is 42.5 Å². The van der Waals surface area contributed by atoms with Crippen molar-refractivity contribution in [2.24, 2.45) is 0 Å². The lowest BCUT2D eigenvalue weighted by molar-refractivity contribution is 0.214. The van der Waals surface area contributed by atoms with Crippen LogP contribution in [0.3, 0.4) is 0 Å². The second kappa shape index (κ2) is 7.38. The van der Waals surface area contributed by atoms with E-state index < -0.39 is 0 Å². The molecule has 1 fully saturated rings. The van der Waals surface area contributed by atoms with Crippen molar-refractivity contribution in [3.63, 3.8) is 0 Å². The van der Waals surface area contributed by atoms with Crippen molar-refractivity contribution in [1.29, 1.82) is 0 Å². The van der Waals surface area contributed by atoms with E-state index in [-0.39, 0.29) is 6.03 Å². The van der Waals surface area contributed by atoms with Gasteiger partial charge in [0.2, 0.25) is 0 Å². The van der Waals surface area contributed by atoms with Gasteiger partial charge in [0.05, 0.1) is 11.4 Å². The summed E-state index contributed by atoms with van der Waals surface area (Å²) in [6.45, 7) is 4.06. The number of hydrogen-bond acceptors (Lipinski definition) is 3. The second-order valence-corrected chi connectivity index (χ2v) is 7.05. The zero-order valence-electron chi connectivity index (χ0n) is 15.3. The van der Waals surface area contributed by atoms with Crippen LogP contribution >= 0.6 is 0 Å². The number of anilines is 2. The minimum absolute atomic E-state index is 0.134. The van der Waals surface area contributed by atoms with E-state index >= 15 is 0 Å². The van der Waals surface area contributed by atoms with Gasteiger partial charge in [0.1, 0.15) is 0 Å². The zero-order valence-corrected chi connectivity index (χ0v) is 15.3. The first-order chi connectivity index (χ1) is 12.8. The molecule has 5 heteroatoms. The molecule has 2 amide bonds. The summed E-state index contributed by atoms with van der Waals surface area (Å²) >= 11 is 0. The Morgan fingerprint density at radius 1 is 1.00 bits per heavy atom. The third-order valence-corrected chi connectivity index (χ3v) is 5.42. The van der Waals surface area contributed by atoms with Crippen LogP contribution in [0.4, 0.5) is 16.2 Å². The van der Waals surface area contributed by atoms with Crippen LogP contribution in [0.25, 0.3) is 0 Å². The fourth-order valence-corrected chi connectivity index (χ4v) is 3.93. The standard InChI is InChI=1S/C21H26N4O/c1-22-18-11-12-24(16-18)21(26)25-14-13-23(15-17-7-3-2-4-8-17)19-9-5-6-10-20(19)25/h2-10,18,22H,11-16H2,1H3. The van der Waals surface area contributed by atoms with E-state index in [2.05, 4.69) is 52.7 Å². The molecule has 0 aromatic heterocycles. The van der Waals surface area contributed by atoms with E-state index in [9.17, 15) is 4.79 Å². The molecule has 136 valence electrons.